The van der Waals surface area contributed by atoms with Crippen molar-refractivity contribution < 1.29 is 14.0 Å². The molecule has 7 heteroatoms. The van der Waals surface area contributed by atoms with E-state index >= 15 is 0 Å². The number of nitrogens with one attached hydrogen (secondary N) is 1. The van der Waals surface area contributed by atoms with E-state index < -0.39 is 0 Å². The fraction of sp³-hybridized carbons (Fsp3) is 0.261. The first kappa shape index (κ1) is 19.8. The zero-order chi connectivity index (χ0) is 21.1. The fourth-order valence-electron chi connectivity index (χ4n) is 3.79. The van der Waals surface area contributed by atoms with Crippen molar-refractivity contribution in [1.82, 2.24) is 15.2 Å². The zero-order valence-electron chi connectivity index (χ0n) is 16.5. The highest BCUT2D eigenvalue weighted by Crippen LogP contribution is 2.29. The third-order valence-corrected chi connectivity index (χ3v) is 5.41. The number of nitrogens with zero attached hydrogens (tertiary/aromatic N) is 2. The van der Waals surface area contributed by atoms with E-state index in [1.807, 2.05) is 18.2 Å². The van der Waals surface area contributed by atoms with Crippen LogP contribution in [0.1, 0.15) is 29.6 Å². The van der Waals surface area contributed by atoms with Crippen LogP contribution in [-0.4, -0.2) is 41.3 Å². The molecule has 3 aromatic rings. The van der Waals surface area contributed by atoms with Crippen LogP contribution in [0.25, 0.3) is 21.9 Å². The molecule has 154 valence electrons. The van der Waals surface area contributed by atoms with Gasteiger partial charge >= 0.3 is 0 Å². The minimum Gasteiger partial charge on any atom is -0.383 e. The quantitative estimate of drug-likeness (QED) is 0.680. The molecule has 1 fully saturated rings. The molecule has 2 amide bonds. The molecule has 3 N–H and O–H groups in total. The lowest BCUT2D eigenvalue weighted by Gasteiger charge is -2.26. The SMILES string of the molecule is Nc1ncc(C(=O)NCCN2CCCCC2=O)c2ccc(-c3cccc(F)c3)cc12. The number of carbonyl (C=O) groups is 2. The van der Waals surface area contributed by atoms with Crippen LogP contribution < -0.4 is 11.1 Å². The maximum Gasteiger partial charge on any atom is 0.253 e. The summed E-state index contributed by atoms with van der Waals surface area (Å²) in [5.74, 6) is -0.145. The number of anilines is 1. The number of carbonyl (C=O) groups excluding carboxylic acids is 2. The van der Waals surface area contributed by atoms with Crippen LogP contribution in [0, 0.1) is 5.82 Å². The lowest BCUT2D eigenvalue weighted by atomic mass is 9.99. The largest absolute Gasteiger partial charge is 0.383 e. The van der Waals surface area contributed by atoms with Crippen molar-refractivity contribution in [2.45, 2.75) is 19.3 Å². The van der Waals surface area contributed by atoms with E-state index in [1.54, 1.807) is 17.0 Å². The number of nitrogens with two attached hydrogens (primary N) is 1. The minimum atomic E-state index is -0.320. The summed E-state index contributed by atoms with van der Waals surface area (Å²) in [6.45, 7) is 1.61. The molecular weight excluding hydrogens is 383 g/mol. The van der Waals surface area contributed by atoms with Gasteiger partial charge in [-0.2, -0.15) is 0 Å². The highest BCUT2D eigenvalue weighted by atomic mass is 19.1. The standard InChI is InChI=1S/C23H23FN4O2/c24-17-5-3-4-15(12-17)16-7-8-18-19(13-16)22(25)27-14-20(18)23(30)26-9-11-28-10-2-1-6-21(28)29/h3-5,7-8,12-14H,1-2,6,9-11H2,(H2,25,27)(H,26,30). The van der Waals surface area contributed by atoms with Gasteiger partial charge in [0.2, 0.25) is 5.91 Å². The van der Waals surface area contributed by atoms with E-state index in [1.165, 1.54) is 18.3 Å². The number of hydrogen-bond acceptors (Lipinski definition) is 4. The molecule has 1 aromatic heterocycles. The molecule has 0 aliphatic carbocycles. The van der Waals surface area contributed by atoms with Crippen LogP contribution in [0.4, 0.5) is 10.2 Å². The molecule has 0 unspecified atom stereocenters. The molecule has 0 radical (unpaired) electrons. The Morgan fingerprint density at radius 3 is 2.77 bits per heavy atom. The summed E-state index contributed by atoms with van der Waals surface area (Å²) < 4.78 is 13.6. The smallest absolute Gasteiger partial charge is 0.253 e. The van der Waals surface area contributed by atoms with Crippen LogP contribution in [0.2, 0.25) is 0 Å². The van der Waals surface area contributed by atoms with Gasteiger partial charge in [-0.05, 0) is 47.6 Å². The predicted octanol–water partition coefficient (Wildman–Crippen LogP) is 3.37. The first-order valence-electron chi connectivity index (χ1n) is 10.0. The van der Waals surface area contributed by atoms with E-state index in [0.29, 0.717) is 41.7 Å². The Morgan fingerprint density at radius 1 is 1.13 bits per heavy atom. The number of nitrogen functional groups attached to an aromatic ring is 1. The van der Waals surface area contributed by atoms with Crippen molar-refractivity contribution in [3.63, 3.8) is 0 Å². The summed E-state index contributed by atoms with van der Waals surface area (Å²) in [7, 11) is 0. The molecule has 1 saturated heterocycles. The second kappa shape index (κ2) is 8.49. The number of pyridine rings is 1. The molecule has 0 atom stereocenters. The summed E-state index contributed by atoms with van der Waals surface area (Å²) in [6, 6.07) is 11.7. The molecule has 1 aliphatic rings. The van der Waals surface area contributed by atoms with Crippen molar-refractivity contribution in [2.24, 2.45) is 0 Å². The van der Waals surface area contributed by atoms with E-state index in [4.69, 9.17) is 5.73 Å². The normalized spacial score (nSPS) is 14.2. The van der Waals surface area contributed by atoms with Crippen molar-refractivity contribution in [3.8, 4) is 11.1 Å². The van der Waals surface area contributed by atoms with Crippen molar-refractivity contribution in [3.05, 3.63) is 60.0 Å². The molecule has 0 bridgehead atoms. The molecule has 4 rings (SSSR count). The zero-order valence-corrected chi connectivity index (χ0v) is 16.5. The van der Waals surface area contributed by atoms with Crippen LogP contribution in [0.5, 0.6) is 0 Å². The van der Waals surface area contributed by atoms with Crippen LogP contribution in [0.3, 0.4) is 0 Å². The van der Waals surface area contributed by atoms with Gasteiger partial charge in [-0.1, -0.05) is 24.3 Å². The number of fused-ring (bicyclic) bond motifs is 1. The number of hydrogen-bond donors (Lipinski definition) is 2. The average molecular weight is 406 g/mol. The van der Waals surface area contributed by atoms with Gasteiger partial charge in [-0.15, -0.1) is 0 Å². The van der Waals surface area contributed by atoms with Gasteiger partial charge in [0, 0.05) is 37.6 Å². The van der Waals surface area contributed by atoms with Crippen LogP contribution in [-0.2, 0) is 4.79 Å². The summed E-state index contributed by atoms with van der Waals surface area (Å²) in [5, 5.41) is 4.18. The van der Waals surface area contributed by atoms with Crippen molar-refractivity contribution >= 4 is 28.4 Å². The van der Waals surface area contributed by atoms with Gasteiger partial charge in [-0.25, -0.2) is 9.37 Å². The summed E-state index contributed by atoms with van der Waals surface area (Å²) in [5.41, 5.74) is 7.97. The molecule has 2 aromatic carbocycles. The van der Waals surface area contributed by atoms with Crippen LogP contribution in [0.15, 0.2) is 48.7 Å². The van der Waals surface area contributed by atoms with Crippen molar-refractivity contribution in [1.29, 1.82) is 0 Å². The lowest BCUT2D eigenvalue weighted by molar-refractivity contribution is -0.133. The Hall–Kier alpha value is -3.48. The Morgan fingerprint density at radius 2 is 1.97 bits per heavy atom. The molecule has 0 saturated carbocycles. The molecule has 1 aliphatic heterocycles. The van der Waals surface area contributed by atoms with Gasteiger partial charge in [-0.3, -0.25) is 9.59 Å². The van der Waals surface area contributed by atoms with E-state index in [-0.39, 0.29) is 17.6 Å². The second-order valence-electron chi connectivity index (χ2n) is 7.42. The number of likely N-dealkylation sites (tertiary alicyclic amines) is 1. The highest BCUT2D eigenvalue weighted by Gasteiger charge is 2.18. The fourth-order valence-corrected chi connectivity index (χ4v) is 3.79. The molecule has 6 nitrogen and oxygen atoms in total. The second-order valence-corrected chi connectivity index (χ2v) is 7.42. The number of halogens is 1. The van der Waals surface area contributed by atoms with Gasteiger partial charge in [0.1, 0.15) is 11.6 Å². The number of piperidine rings is 1. The Bertz CT molecular complexity index is 1120. The van der Waals surface area contributed by atoms with Crippen molar-refractivity contribution in [2.75, 3.05) is 25.4 Å². The predicted molar refractivity (Wildman–Crippen MR) is 114 cm³/mol. The van der Waals surface area contributed by atoms with Gasteiger partial charge in [0.15, 0.2) is 0 Å². The first-order chi connectivity index (χ1) is 14.5. The summed E-state index contributed by atoms with van der Waals surface area (Å²) in [4.78, 5) is 30.6. The number of amides is 2. The van der Waals surface area contributed by atoms with Crippen LogP contribution >= 0.6 is 0 Å². The van der Waals surface area contributed by atoms with E-state index in [0.717, 1.165) is 30.5 Å². The topological polar surface area (TPSA) is 88.3 Å². The number of rotatable bonds is 5. The third kappa shape index (κ3) is 4.10. The Kier molecular flexibility index (Phi) is 5.61. The first-order valence-corrected chi connectivity index (χ1v) is 10.0. The molecule has 30 heavy (non-hydrogen) atoms. The monoisotopic (exact) mass is 406 g/mol. The number of aromatic nitrogens is 1. The van der Waals surface area contributed by atoms with E-state index in [9.17, 15) is 14.0 Å². The Balaban J connectivity index is 1.54. The molecule has 2 heterocycles. The molecular formula is C23H23FN4O2. The highest BCUT2D eigenvalue weighted by molar-refractivity contribution is 6.09. The van der Waals surface area contributed by atoms with E-state index in [2.05, 4.69) is 10.3 Å². The molecule has 0 spiro atoms. The van der Waals surface area contributed by atoms with Gasteiger partial charge in [0.05, 0.1) is 5.56 Å². The third-order valence-electron chi connectivity index (χ3n) is 5.41. The lowest BCUT2D eigenvalue weighted by Crippen LogP contribution is -2.41. The number of benzene rings is 2. The van der Waals surface area contributed by atoms with Gasteiger partial charge < -0.3 is 16.0 Å². The minimum absolute atomic E-state index is 0.139. The summed E-state index contributed by atoms with van der Waals surface area (Å²) in [6.07, 6.45) is 3.97. The average Bonchev–Trinajstić information content (AvgIpc) is 2.75. The maximum absolute atomic E-state index is 13.6. The van der Waals surface area contributed by atoms with Gasteiger partial charge in [0.25, 0.3) is 5.91 Å². The Labute approximate surface area is 173 Å². The summed E-state index contributed by atoms with van der Waals surface area (Å²) >= 11 is 0. The maximum atomic E-state index is 13.6.